The molecule has 0 saturated carbocycles. The van der Waals surface area contributed by atoms with Gasteiger partial charge in [-0.15, -0.1) is 0 Å². The third kappa shape index (κ3) is 7.03. The molecule has 7 nitrogen and oxygen atoms in total. The highest BCUT2D eigenvalue weighted by molar-refractivity contribution is 5.69. The Morgan fingerprint density at radius 2 is 1.62 bits per heavy atom. The van der Waals surface area contributed by atoms with Crippen molar-refractivity contribution >= 4 is 5.97 Å². The van der Waals surface area contributed by atoms with Crippen molar-refractivity contribution in [3.05, 3.63) is 0 Å². The third-order valence-electron chi connectivity index (χ3n) is 4.33. The minimum atomic E-state index is -1.48. The minimum absolute atomic E-state index is 0.180. The number of rotatable bonds is 11. The van der Waals surface area contributed by atoms with Gasteiger partial charge in [0, 0.05) is 13.5 Å². The third-order valence-corrected chi connectivity index (χ3v) is 4.33. The van der Waals surface area contributed by atoms with Crippen LogP contribution in [0, 0.1) is 0 Å². The molecule has 5 atom stereocenters. The zero-order chi connectivity index (χ0) is 17.9. The van der Waals surface area contributed by atoms with Crippen LogP contribution in [0.3, 0.4) is 0 Å². The minimum Gasteiger partial charge on any atom is -0.463 e. The van der Waals surface area contributed by atoms with Gasteiger partial charge in [-0.05, 0) is 6.42 Å². The Morgan fingerprint density at radius 3 is 2.25 bits per heavy atom. The summed E-state index contributed by atoms with van der Waals surface area (Å²) >= 11 is 0. The first-order valence-corrected chi connectivity index (χ1v) is 8.89. The van der Waals surface area contributed by atoms with Crippen molar-refractivity contribution in [3.63, 3.8) is 0 Å². The SMILES string of the molecule is CCCCCCCCCC(=O)OC[C@H]1O[C@@H](O)[C@H](O)[C@H](OC)[C@@H]1O. The number of aliphatic hydroxyl groups excluding tert-OH is 3. The summed E-state index contributed by atoms with van der Waals surface area (Å²) < 4.78 is 15.1. The topological polar surface area (TPSA) is 105 Å². The standard InChI is InChI=1S/C17H32O7/c1-3-4-5-6-7-8-9-10-13(18)23-11-12-14(19)16(22-2)15(20)17(21)24-12/h12,14-17,19-21H,3-11H2,1-2H3/t12-,14-,15-,16-,17-/m1/s1. The van der Waals surface area contributed by atoms with Crippen molar-refractivity contribution in [1.29, 1.82) is 0 Å². The van der Waals surface area contributed by atoms with Crippen molar-refractivity contribution in [2.75, 3.05) is 13.7 Å². The molecule has 0 aromatic rings. The van der Waals surface area contributed by atoms with Crippen LogP contribution >= 0.6 is 0 Å². The zero-order valence-corrected chi connectivity index (χ0v) is 14.7. The molecular formula is C17H32O7. The summed E-state index contributed by atoms with van der Waals surface area (Å²) in [5.41, 5.74) is 0. The summed E-state index contributed by atoms with van der Waals surface area (Å²) in [4.78, 5) is 11.7. The van der Waals surface area contributed by atoms with Crippen LogP contribution in [0.2, 0.25) is 0 Å². The lowest BCUT2D eigenvalue weighted by Crippen LogP contribution is -2.59. The van der Waals surface area contributed by atoms with E-state index in [0.717, 1.165) is 19.3 Å². The second-order valence-corrected chi connectivity index (χ2v) is 6.30. The van der Waals surface area contributed by atoms with Gasteiger partial charge in [0.15, 0.2) is 6.29 Å². The van der Waals surface area contributed by atoms with Gasteiger partial charge >= 0.3 is 5.97 Å². The Balaban J connectivity index is 2.19. The number of carbonyl (C=O) groups is 1. The Morgan fingerprint density at radius 1 is 1.00 bits per heavy atom. The van der Waals surface area contributed by atoms with E-state index < -0.39 is 30.7 Å². The quantitative estimate of drug-likeness (QED) is 0.379. The van der Waals surface area contributed by atoms with Crippen LogP contribution in [0.5, 0.6) is 0 Å². The van der Waals surface area contributed by atoms with E-state index in [0.29, 0.717) is 6.42 Å². The monoisotopic (exact) mass is 348 g/mol. The normalized spacial score (nSPS) is 30.3. The van der Waals surface area contributed by atoms with Gasteiger partial charge in [0.05, 0.1) is 0 Å². The second kappa shape index (κ2) is 11.8. The highest BCUT2D eigenvalue weighted by Gasteiger charge is 2.44. The molecule has 142 valence electrons. The highest BCUT2D eigenvalue weighted by Crippen LogP contribution is 2.22. The Hall–Kier alpha value is -0.730. The lowest BCUT2D eigenvalue weighted by molar-refractivity contribution is -0.291. The largest absolute Gasteiger partial charge is 0.463 e. The number of unbranched alkanes of at least 4 members (excludes halogenated alkanes) is 6. The number of hydrogen-bond acceptors (Lipinski definition) is 7. The summed E-state index contributed by atoms with van der Waals surface area (Å²) in [5.74, 6) is -0.353. The molecule has 1 rings (SSSR count). The first kappa shape index (κ1) is 21.3. The summed E-state index contributed by atoms with van der Waals surface area (Å²) in [7, 11) is 1.32. The molecule has 7 heteroatoms. The Kier molecular flexibility index (Phi) is 10.4. The maximum absolute atomic E-state index is 11.7. The maximum Gasteiger partial charge on any atom is 0.305 e. The van der Waals surface area contributed by atoms with E-state index in [4.69, 9.17) is 14.2 Å². The molecule has 1 fully saturated rings. The number of aliphatic hydroxyl groups is 3. The molecule has 1 heterocycles. The van der Waals surface area contributed by atoms with Crippen molar-refractivity contribution in [2.24, 2.45) is 0 Å². The fourth-order valence-corrected chi connectivity index (χ4v) is 2.81. The number of esters is 1. The molecule has 24 heavy (non-hydrogen) atoms. The molecule has 0 aliphatic carbocycles. The Bertz CT molecular complexity index is 350. The summed E-state index contributed by atoms with van der Waals surface area (Å²) in [6.07, 6.45) is 2.23. The fraction of sp³-hybridized carbons (Fsp3) is 0.941. The Labute approximate surface area is 143 Å². The highest BCUT2D eigenvalue weighted by atomic mass is 16.7. The van der Waals surface area contributed by atoms with E-state index in [2.05, 4.69) is 6.92 Å². The van der Waals surface area contributed by atoms with Crippen molar-refractivity contribution in [2.45, 2.75) is 89.0 Å². The van der Waals surface area contributed by atoms with Gasteiger partial charge in [0.25, 0.3) is 0 Å². The molecule has 0 amide bonds. The molecule has 0 radical (unpaired) electrons. The van der Waals surface area contributed by atoms with Crippen LogP contribution in [0.4, 0.5) is 0 Å². The summed E-state index contributed by atoms with van der Waals surface area (Å²) in [5, 5.41) is 29.3. The van der Waals surface area contributed by atoms with Crippen molar-refractivity contribution < 1.29 is 34.3 Å². The molecule has 0 aromatic heterocycles. The van der Waals surface area contributed by atoms with Gasteiger partial charge in [-0.25, -0.2) is 0 Å². The van der Waals surface area contributed by atoms with Crippen LogP contribution < -0.4 is 0 Å². The lowest BCUT2D eigenvalue weighted by Gasteiger charge is -2.39. The van der Waals surface area contributed by atoms with Crippen molar-refractivity contribution in [1.82, 2.24) is 0 Å². The van der Waals surface area contributed by atoms with E-state index in [-0.39, 0.29) is 12.6 Å². The van der Waals surface area contributed by atoms with Gasteiger partial charge in [0.1, 0.15) is 31.0 Å². The second-order valence-electron chi connectivity index (χ2n) is 6.30. The number of hydrogen-bond donors (Lipinski definition) is 3. The maximum atomic E-state index is 11.7. The van der Waals surface area contributed by atoms with E-state index in [9.17, 15) is 20.1 Å². The van der Waals surface area contributed by atoms with Crippen LogP contribution in [0.25, 0.3) is 0 Å². The average molecular weight is 348 g/mol. The lowest BCUT2D eigenvalue weighted by atomic mass is 9.99. The smallest absolute Gasteiger partial charge is 0.305 e. The molecule has 3 N–H and O–H groups in total. The molecule has 0 bridgehead atoms. The van der Waals surface area contributed by atoms with Gasteiger partial charge in [-0.2, -0.15) is 0 Å². The predicted molar refractivity (Wildman–Crippen MR) is 87.3 cm³/mol. The molecule has 1 saturated heterocycles. The zero-order valence-electron chi connectivity index (χ0n) is 14.7. The first-order chi connectivity index (χ1) is 11.5. The van der Waals surface area contributed by atoms with E-state index in [1.54, 1.807) is 0 Å². The van der Waals surface area contributed by atoms with Gasteiger partial charge < -0.3 is 29.5 Å². The molecule has 1 aliphatic rings. The molecule has 0 aromatic carbocycles. The van der Waals surface area contributed by atoms with E-state index >= 15 is 0 Å². The molecule has 0 unspecified atom stereocenters. The van der Waals surface area contributed by atoms with Gasteiger partial charge in [-0.3, -0.25) is 4.79 Å². The fourth-order valence-electron chi connectivity index (χ4n) is 2.81. The van der Waals surface area contributed by atoms with Crippen molar-refractivity contribution in [3.8, 4) is 0 Å². The van der Waals surface area contributed by atoms with Crippen LogP contribution in [-0.4, -0.2) is 65.7 Å². The summed E-state index contributed by atoms with van der Waals surface area (Å²) in [6, 6.07) is 0. The summed E-state index contributed by atoms with van der Waals surface area (Å²) in [6.45, 7) is 2.00. The van der Waals surface area contributed by atoms with Gasteiger partial charge in [-0.1, -0.05) is 45.4 Å². The molecule has 1 aliphatic heterocycles. The van der Waals surface area contributed by atoms with Gasteiger partial charge in [0.2, 0.25) is 0 Å². The number of ether oxygens (including phenoxy) is 3. The van der Waals surface area contributed by atoms with E-state index in [1.807, 2.05) is 0 Å². The van der Waals surface area contributed by atoms with E-state index in [1.165, 1.54) is 32.8 Å². The van der Waals surface area contributed by atoms with Crippen LogP contribution in [0.1, 0.15) is 58.3 Å². The number of carbonyl (C=O) groups excluding carboxylic acids is 1. The average Bonchev–Trinajstić information content (AvgIpc) is 2.56. The predicted octanol–water partition coefficient (Wildman–Crippen LogP) is 1.12. The first-order valence-electron chi connectivity index (χ1n) is 8.89. The molecular weight excluding hydrogens is 316 g/mol. The van der Waals surface area contributed by atoms with Crippen LogP contribution in [0.15, 0.2) is 0 Å². The van der Waals surface area contributed by atoms with Crippen LogP contribution in [-0.2, 0) is 19.0 Å². The molecule has 0 spiro atoms. The number of methoxy groups -OCH3 is 1.